The number of halogens is 1. The summed E-state index contributed by atoms with van der Waals surface area (Å²) < 4.78 is 0. The normalized spacial score (nSPS) is 14.2. The first-order chi connectivity index (χ1) is 17.9. The predicted octanol–water partition coefficient (Wildman–Crippen LogP) is 5.49. The first-order valence-electron chi connectivity index (χ1n) is 12.5. The van der Waals surface area contributed by atoms with Crippen molar-refractivity contribution in [1.29, 1.82) is 0 Å². The summed E-state index contributed by atoms with van der Waals surface area (Å²) in [6.45, 7) is 0.173. The van der Waals surface area contributed by atoms with Gasteiger partial charge in [-0.3, -0.25) is 19.7 Å². The number of rotatable bonds is 10. The lowest BCUT2D eigenvalue weighted by Crippen LogP contribution is -2.52. The van der Waals surface area contributed by atoms with Gasteiger partial charge in [0.2, 0.25) is 11.8 Å². The van der Waals surface area contributed by atoms with E-state index in [-0.39, 0.29) is 36.5 Å². The number of benzene rings is 3. The maximum atomic E-state index is 13.8. The quantitative estimate of drug-likeness (QED) is 0.283. The number of carbonyl (C=O) groups is 2. The lowest BCUT2D eigenvalue weighted by atomic mass is 10.0. The Labute approximate surface area is 221 Å². The van der Waals surface area contributed by atoms with Crippen LogP contribution in [0.1, 0.15) is 42.4 Å². The minimum atomic E-state index is -0.783. The van der Waals surface area contributed by atoms with Crippen molar-refractivity contribution in [1.82, 2.24) is 10.2 Å². The second-order valence-electron chi connectivity index (χ2n) is 9.41. The van der Waals surface area contributed by atoms with Crippen LogP contribution in [0.2, 0.25) is 5.02 Å². The Hall–Kier alpha value is -3.71. The first kappa shape index (κ1) is 26.4. The smallest absolute Gasteiger partial charge is 0.273 e. The van der Waals surface area contributed by atoms with E-state index in [2.05, 4.69) is 5.32 Å². The van der Waals surface area contributed by atoms with Crippen LogP contribution in [0, 0.1) is 10.1 Å². The molecule has 1 aliphatic rings. The van der Waals surface area contributed by atoms with Crippen LogP contribution >= 0.6 is 11.6 Å². The van der Waals surface area contributed by atoms with Crippen molar-refractivity contribution >= 4 is 29.1 Å². The average Bonchev–Trinajstić information content (AvgIpc) is 3.41. The Morgan fingerprint density at radius 1 is 0.946 bits per heavy atom. The summed E-state index contributed by atoms with van der Waals surface area (Å²) in [5, 5.41) is 15.3. The molecule has 2 amide bonds. The molecule has 0 saturated heterocycles. The van der Waals surface area contributed by atoms with Crippen molar-refractivity contribution in [2.45, 2.75) is 57.2 Å². The fourth-order valence-corrected chi connectivity index (χ4v) is 4.94. The zero-order valence-electron chi connectivity index (χ0n) is 20.5. The van der Waals surface area contributed by atoms with Crippen molar-refractivity contribution < 1.29 is 14.5 Å². The van der Waals surface area contributed by atoms with E-state index in [1.165, 1.54) is 6.07 Å². The fraction of sp³-hybridized carbons (Fsp3) is 0.310. The van der Waals surface area contributed by atoms with E-state index in [0.29, 0.717) is 17.0 Å². The highest BCUT2D eigenvalue weighted by molar-refractivity contribution is 6.30. The minimum Gasteiger partial charge on any atom is -0.352 e. The average molecular weight is 520 g/mol. The molecule has 8 heteroatoms. The largest absolute Gasteiger partial charge is 0.352 e. The molecule has 192 valence electrons. The number of nitrogens with one attached hydrogen (secondary N) is 1. The van der Waals surface area contributed by atoms with Gasteiger partial charge in [-0.2, -0.15) is 0 Å². The maximum absolute atomic E-state index is 13.8. The SMILES string of the molecule is O=C(NC1CCCC1)[C@H](Cc1ccccc1)N(Cc1ccc(Cl)cc1)C(=O)Cc1ccccc1[N+](=O)[O-]. The summed E-state index contributed by atoms with van der Waals surface area (Å²) in [5.41, 5.74) is 1.94. The van der Waals surface area contributed by atoms with E-state index < -0.39 is 11.0 Å². The van der Waals surface area contributed by atoms with E-state index in [0.717, 1.165) is 36.8 Å². The molecule has 37 heavy (non-hydrogen) atoms. The Balaban J connectivity index is 1.68. The van der Waals surface area contributed by atoms with Crippen molar-refractivity contribution in [2.75, 3.05) is 0 Å². The van der Waals surface area contributed by atoms with E-state index in [1.54, 1.807) is 35.2 Å². The molecule has 0 aromatic heterocycles. The van der Waals surface area contributed by atoms with Gasteiger partial charge in [-0.25, -0.2) is 0 Å². The molecule has 1 saturated carbocycles. The molecule has 0 heterocycles. The van der Waals surface area contributed by atoms with Crippen molar-refractivity contribution in [3.8, 4) is 0 Å². The number of hydrogen-bond donors (Lipinski definition) is 1. The zero-order valence-corrected chi connectivity index (χ0v) is 21.3. The highest BCUT2D eigenvalue weighted by Crippen LogP contribution is 2.23. The molecular formula is C29H30ClN3O4. The highest BCUT2D eigenvalue weighted by Gasteiger charge is 2.33. The summed E-state index contributed by atoms with van der Waals surface area (Å²) >= 11 is 6.07. The molecule has 1 atom stereocenters. The number of carbonyl (C=O) groups excluding carboxylic acids is 2. The van der Waals surface area contributed by atoms with Crippen LogP contribution in [0.4, 0.5) is 5.69 Å². The Kier molecular flexibility index (Phi) is 8.90. The molecule has 0 spiro atoms. The van der Waals surface area contributed by atoms with Crippen LogP contribution in [-0.4, -0.2) is 33.7 Å². The van der Waals surface area contributed by atoms with Gasteiger partial charge in [-0.1, -0.05) is 85.1 Å². The van der Waals surface area contributed by atoms with Crippen LogP contribution in [0.15, 0.2) is 78.9 Å². The summed E-state index contributed by atoms with van der Waals surface area (Å²) in [6, 6.07) is 22.2. The van der Waals surface area contributed by atoms with Crippen LogP contribution in [0.5, 0.6) is 0 Å². The van der Waals surface area contributed by atoms with Gasteiger partial charge in [0.25, 0.3) is 5.69 Å². The van der Waals surface area contributed by atoms with Gasteiger partial charge >= 0.3 is 0 Å². The van der Waals surface area contributed by atoms with Gasteiger partial charge in [0.1, 0.15) is 6.04 Å². The molecule has 0 radical (unpaired) electrons. The van der Waals surface area contributed by atoms with E-state index in [9.17, 15) is 19.7 Å². The van der Waals surface area contributed by atoms with Crippen LogP contribution < -0.4 is 5.32 Å². The number of nitro benzene ring substituents is 1. The number of para-hydroxylation sites is 1. The van der Waals surface area contributed by atoms with Gasteiger partial charge in [0.15, 0.2) is 0 Å². The van der Waals surface area contributed by atoms with Crippen LogP contribution in [-0.2, 0) is 29.0 Å². The Bertz CT molecular complexity index is 1230. The van der Waals surface area contributed by atoms with Crippen molar-refractivity contribution in [3.63, 3.8) is 0 Å². The second kappa shape index (κ2) is 12.5. The molecular weight excluding hydrogens is 490 g/mol. The molecule has 4 rings (SSSR count). The van der Waals surface area contributed by atoms with E-state index in [4.69, 9.17) is 11.6 Å². The topological polar surface area (TPSA) is 92.6 Å². The zero-order chi connectivity index (χ0) is 26.2. The Morgan fingerprint density at radius 2 is 1.59 bits per heavy atom. The van der Waals surface area contributed by atoms with Gasteiger partial charge < -0.3 is 10.2 Å². The highest BCUT2D eigenvalue weighted by atomic mass is 35.5. The third-order valence-electron chi connectivity index (χ3n) is 6.77. The summed E-state index contributed by atoms with van der Waals surface area (Å²) in [7, 11) is 0. The molecule has 0 bridgehead atoms. The molecule has 3 aromatic rings. The molecule has 0 unspecified atom stereocenters. The first-order valence-corrected chi connectivity index (χ1v) is 12.9. The number of nitro groups is 1. The third kappa shape index (κ3) is 7.17. The molecule has 1 fully saturated rings. The second-order valence-corrected chi connectivity index (χ2v) is 9.84. The number of hydrogen-bond acceptors (Lipinski definition) is 4. The van der Waals surface area contributed by atoms with E-state index in [1.807, 2.05) is 42.5 Å². The van der Waals surface area contributed by atoms with Crippen LogP contribution in [0.25, 0.3) is 0 Å². The lowest BCUT2D eigenvalue weighted by Gasteiger charge is -2.32. The molecule has 3 aromatic carbocycles. The number of amides is 2. The van der Waals surface area contributed by atoms with Gasteiger partial charge in [-0.15, -0.1) is 0 Å². The summed E-state index contributed by atoms with van der Waals surface area (Å²) in [6.07, 6.45) is 4.12. The molecule has 0 aliphatic heterocycles. The van der Waals surface area contributed by atoms with Crippen molar-refractivity contribution in [2.24, 2.45) is 0 Å². The summed E-state index contributed by atoms with van der Waals surface area (Å²) in [5.74, 6) is -0.563. The molecule has 7 nitrogen and oxygen atoms in total. The van der Waals surface area contributed by atoms with Gasteiger partial charge in [0.05, 0.1) is 11.3 Å². The predicted molar refractivity (Wildman–Crippen MR) is 143 cm³/mol. The van der Waals surface area contributed by atoms with Gasteiger partial charge in [0, 0.05) is 35.7 Å². The fourth-order valence-electron chi connectivity index (χ4n) is 4.81. The number of nitrogens with zero attached hydrogens (tertiary/aromatic N) is 2. The monoisotopic (exact) mass is 519 g/mol. The minimum absolute atomic E-state index is 0.0912. The third-order valence-corrected chi connectivity index (χ3v) is 7.02. The Morgan fingerprint density at radius 3 is 2.27 bits per heavy atom. The molecule has 1 N–H and O–H groups in total. The van der Waals surface area contributed by atoms with Crippen LogP contribution in [0.3, 0.4) is 0 Å². The molecule has 1 aliphatic carbocycles. The van der Waals surface area contributed by atoms with Gasteiger partial charge in [-0.05, 0) is 36.1 Å². The lowest BCUT2D eigenvalue weighted by molar-refractivity contribution is -0.385. The summed E-state index contributed by atoms with van der Waals surface area (Å²) in [4.78, 5) is 40.2. The van der Waals surface area contributed by atoms with Crippen molar-refractivity contribution in [3.05, 3.63) is 111 Å². The maximum Gasteiger partial charge on any atom is 0.273 e. The van der Waals surface area contributed by atoms with E-state index >= 15 is 0 Å². The standard InChI is InChI=1S/C29H30ClN3O4/c30-24-16-14-22(15-17-24)20-32(28(34)19-23-10-4-7-13-26(23)33(36)37)27(18-21-8-2-1-3-9-21)29(35)31-25-11-5-6-12-25/h1-4,7-10,13-17,25,27H,5-6,11-12,18-20H2,(H,31,35)/t27-/m0/s1.